The van der Waals surface area contributed by atoms with Crippen molar-refractivity contribution in [2.45, 2.75) is 52.9 Å². The molecule has 2 aliphatic rings. The van der Waals surface area contributed by atoms with Crippen LogP contribution >= 0.6 is 0 Å². The van der Waals surface area contributed by atoms with E-state index in [-0.39, 0.29) is 0 Å². The molecule has 0 spiro atoms. The number of carbonyl (C=O) groups excluding carboxylic acids is 1. The Bertz CT molecular complexity index is 199. The van der Waals surface area contributed by atoms with Crippen molar-refractivity contribution in [2.24, 2.45) is 11.8 Å². The van der Waals surface area contributed by atoms with E-state index in [0.29, 0.717) is 5.91 Å². The average molecular weight is 211 g/mol. The number of carbonyl (C=O) groups is 1. The Kier molecular flexibility index (Phi) is 5.13. The van der Waals surface area contributed by atoms with E-state index < -0.39 is 0 Å². The molecule has 1 amide bonds. The maximum absolute atomic E-state index is 11.6. The first-order valence-corrected chi connectivity index (χ1v) is 6.53. The monoisotopic (exact) mass is 211 g/mol. The van der Waals surface area contributed by atoms with E-state index in [0.717, 1.165) is 37.8 Å². The lowest BCUT2D eigenvalue weighted by molar-refractivity contribution is -0.130. The van der Waals surface area contributed by atoms with Crippen LogP contribution in [0.4, 0.5) is 0 Å². The highest BCUT2D eigenvalue weighted by Gasteiger charge is 2.26. The Labute approximate surface area is 94.0 Å². The lowest BCUT2D eigenvalue weighted by Crippen LogP contribution is -2.28. The minimum atomic E-state index is 0.399. The molecular weight excluding hydrogens is 186 g/mol. The fourth-order valence-corrected chi connectivity index (χ4v) is 2.05. The van der Waals surface area contributed by atoms with Crippen molar-refractivity contribution in [2.75, 3.05) is 13.1 Å². The lowest BCUT2D eigenvalue weighted by Gasteiger charge is -2.15. The largest absolute Gasteiger partial charge is 0.342 e. The van der Waals surface area contributed by atoms with Crippen molar-refractivity contribution >= 4 is 5.91 Å². The highest BCUT2D eigenvalue weighted by Crippen LogP contribution is 2.33. The van der Waals surface area contributed by atoms with Crippen LogP contribution in [0.3, 0.4) is 0 Å². The van der Waals surface area contributed by atoms with Gasteiger partial charge in [-0.25, -0.2) is 0 Å². The maximum atomic E-state index is 11.6. The van der Waals surface area contributed by atoms with Crippen LogP contribution in [0.5, 0.6) is 0 Å². The standard InChI is InChI=1S/C11H19NO.C2H6/c1-9-6-7-12(8-9)11(13)5-4-10-2-3-10;1-2/h9-10H,2-8H2,1H3;1-2H3. The first-order chi connectivity index (χ1) is 7.25. The minimum Gasteiger partial charge on any atom is -0.342 e. The molecule has 1 unspecified atom stereocenters. The summed E-state index contributed by atoms with van der Waals surface area (Å²) < 4.78 is 0. The van der Waals surface area contributed by atoms with Crippen LogP contribution in [0.15, 0.2) is 0 Å². The molecule has 0 radical (unpaired) electrons. The molecule has 1 saturated carbocycles. The van der Waals surface area contributed by atoms with Crippen LogP contribution in [0.1, 0.15) is 52.9 Å². The maximum Gasteiger partial charge on any atom is 0.222 e. The molecule has 1 aliphatic heterocycles. The Morgan fingerprint density at radius 1 is 1.27 bits per heavy atom. The van der Waals surface area contributed by atoms with E-state index in [1.54, 1.807) is 0 Å². The molecule has 88 valence electrons. The molecule has 0 bridgehead atoms. The molecule has 1 heterocycles. The molecule has 1 atom stereocenters. The lowest BCUT2D eigenvalue weighted by atomic mass is 10.2. The van der Waals surface area contributed by atoms with Gasteiger partial charge >= 0.3 is 0 Å². The predicted octanol–water partition coefficient (Wildman–Crippen LogP) is 3.07. The van der Waals surface area contributed by atoms with Crippen LogP contribution in [0.25, 0.3) is 0 Å². The second kappa shape index (κ2) is 6.14. The Hall–Kier alpha value is -0.530. The molecule has 1 aliphatic carbocycles. The normalized spacial score (nSPS) is 24.7. The van der Waals surface area contributed by atoms with Gasteiger partial charge in [-0.05, 0) is 24.7 Å². The minimum absolute atomic E-state index is 0.399. The molecule has 2 fully saturated rings. The summed E-state index contributed by atoms with van der Waals surface area (Å²) in [5, 5.41) is 0. The van der Waals surface area contributed by atoms with Gasteiger partial charge in [0, 0.05) is 19.5 Å². The van der Waals surface area contributed by atoms with Gasteiger partial charge in [0.2, 0.25) is 5.91 Å². The van der Waals surface area contributed by atoms with Gasteiger partial charge in [0.05, 0.1) is 0 Å². The SMILES string of the molecule is CC.CC1CCN(C(=O)CCC2CC2)C1. The fourth-order valence-electron chi connectivity index (χ4n) is 2.05. The highest BCUT2D eigenvalue weighted by atomic mass is 16.2. The van der Waals surface area contributed by atoms with Gasteiger partial charge in [-0.2, -0.15) is 0 Å². The zero-order chi connectivity index (χ0) is 11.3. The van der Waals surface area contributed by atoms with E-state index in [1.807, 2.05) is 18.7 Å². The third-order valence-electron chi connectivity index (χ3n) is 3.24. The number of nitrogens with zero attached hydrogens (tertiary/aromatic N) is 1. The van der Waals surface area contributed by atoms with E-state index in [9.17, 15) is 4.79 Å². The Balaban J connectivity index is 0.000000531. The van der Waals surface area contributed by atoms with Gasteiger partial charge in [-0.3, -0.25) is 4.79 Å². The van der Waals surface area contributed by atoms with Gasteiger partial charge in [0.15, 0.2) is 0 Å². The van der Waals surface area contributed by atoms with Gasteiger partial charge in [-0.15, -0.1) is 0 Å². The second-order valence-electron chi connectivity index (χ2n) is 4.72. The van der Waals surface area contributed by atoms with Crippen LogP contribution in [0, 0.1) is 11.8 Å². The van der Waals surface area contributed by atoms with Crippen molar-refractivity contribution in [1.29, 1.82) is 0 Å². The fraction of sp³-hybridized carbons (Fsp3) is 0.923. The molecule has 2 nitrogen and oxygen atoms in total. The second-order valence-corrected chi connectivity index (χ2v) is 4.72. The van der Waals surface area contributed by atoms with E-state index in [1.165, 1.54) is 19.3 Å². The number of rotatable bonds is 3. The third-order valence-corrected chi connectivity index (χ3v) is 3.24. The first kappa shape index (κ1) is 12.5. The van der Waals surface area contributed by atoms with E-state index in [2.05, 4.69) is 6.92 Å². The molecule has 15 heavy (non-hydrogen) atoms. The van der Waals surface area contributed by atoms with Crippen molar-refractivity contribution in [3.8, 4) is 0 Å². The molecule has 1 saturated heterocycles. The molecule has 2 heteroatoms. The highest BCUT2D eigenvalue weighted by molar-refractivity contribution is 5.76. The van der Waals surface area contributed by atoms with Gasteiger partial charge in [0.1, 0.15) is 0 Å². The van der Waals surface area contributed by atoms with Crippen molar-refractivity contribution in [3.63, 3.8) is 0 Å². The summed E-state index contributed by atoms with van der Waals surface area (Å²) in [5.41, 5.74) is 0. The van der Waals surface area contributed by atoms with Crippen molar-refractivity contribution < 1.29 is 4.79 Å². The van der Waals surface area contributed by atoms with Crippen molar-refractivity contribution in [1.82, 2.24) is 4.90 Å². The quantitative estimate of drug-likeness (QED) is 0.702. The molecule has 0 aromatic carbocycles. The molecule has 2 rings (SSSR count). The van der Waals surface area contributed by atoms with Gasteiger partial charge < -0.3 is 4.90 Å². The molecule has 0 aromatic rings. The summed E-state index contributed by atoms with van der Waals surface area (Å²) in [7, 11) is 0. The summed E-state index contributed by atoms with van der Waals surface area (Å²) in [6.07, 6.45) is 5.88. The number of likely N-dealkylation sites (tertiary alicyclic amines) is 1. The zero-order valence-corrected chi connectivity index (χ0v) is 10.5. The summed E-state index contributed by atoms with van der Waals surface area (Å²) in [5.74, 6) is 2.02. The summed E-state index contributed by atoms with van der Waals surface area (Å²) in [4.78, 5) is 13.7. The number of amides is 1. The molecule has 0 aromatic heterocycles. The summed E-state index contributed by atoms with van der Waals surface area (Å²) in [6.45, 7) is 8.24. The van der Waals surface area contributed by atoms with Gasteiger partial charge in [0.25, 0.3) is 0 Å². The average Bonchev–Trinajstić information content (AvgIpc) is 2.99. The topological polar surface area (TPSA) is 20.3 Å². The van der Waals surface area contributed by atoms with Crippen LogP contribution in [0.2, 0.25) is 0 Å². The first-order valence-electron chi connectivity index (χ1n) is 6.53. The third kappa shape index (κ3) is 4.23. The number of hydrogen-bond donors (Lipinski definition) is 0. The zero-order valence-electron chi connectivity index (χ0n) is 10.5. The molecular formula is C13H25NO. The van der Waals surface area contributed by atoms with Crippen LogP contribution in [-0.2, 0) is 4.79 Å². The van der Waals surface area contributed by atoms with E-state index >= 15 is 0 Å². The smallest absolute Gasteiger partial charge is 0.222 e. The molecule has 0 N–H and O–H groups in total. The summed E-state index contributed by atoms with van der Waals surface area (Å²) in [6, 6.07) is 0. The van der Waals surface area contributed by atoms with E-state index in [4.69, 9.17) is 0 Å². The Morgan fingerprint density at radius 2 is 1.93 bits per heavy atom. The Morgan fingerprint density at radius 3 is 2.40 bits per heavy atom. The van der Waals surface area contributed by atoms with Crippen LogP contribution < -0.4 is 0 Å². The summed E-state index contributed by atoms with van der Waals surface area (Å²) >= 11 is 0. The van der Waals surface area contributed by atoms with Crippen LogP contribution in [-0.4, -0.2) is 23.9 Å². The van der Waals surface area contributed by atoms with Crippen molar-refractivity contribution in [3.05, 3.63) is 0 Å². The van der Waals surface area contributed by atoms with Gasteiger partial charge in [-0.1, -0.05) is 33.6 Å². The number of hydrogen-bond acceptors (Lipinski definition) is 1. The predicted molar refractivity (Wildman–Crippen MR) is 63.7 cm³/mol.